The van der Waals surface area contributed by atoms with Crippen LogP contribution in [0.1, 0.15) is 12.0 Å². The van der Waals surface area contributed by atoms with Crippen molar-refractivity contribution >= 4 is 38.6 Å². The minimum Gasteiger partial charge on any atom is -0.303 e. The summed E-state index contributed by atoms with van der Waals surface area (Å²) in [6.45, 7) is 0. The van der Waals surface area contributed by atoms with E-state index >= 15 is 0 Å². The molecule has 0 radical (unpaired) electrons. The molecule has 0 N–H and O–H groups in total. The number of benzene rings is 4. The third-order valence-corrected chi connectivity index (χ3v) is 4.13. The van der Waals surface area contributed by atoms with Gasteiger partial charge in [-0.25, -0.2) is 0 Å². The van der Waals surface area contributed by atoms with E-state index < -0.39 is 0 Å². The smallest absolute Gasteiger partial charge is 0.120 e. The van der Waals surface area contributed by atoms with E-state index in [-0.39, 0.29) is 0 Å². The molecule has 20 heavy (non-hydrogen) atoms. The predicted molar refractivity (Wildman–Crippen MR) is 84.5 cm³/mol. The summed E-state index contributed by atoms with van der Waals surface area (Å²) in [6, 6.07) is 19.5. The van der Waals surface area contributed by atoms with Gasteiger partial charge in [0.15, 0.2) is 0 Å². The molecule has 0 saturated heterocycles. The summed E-state index contributed by atoms with van der Waals surface area (Å²) in [4.78, 5) is 10.7. The SMILES string of the molecule is O=CCCc1cc2cccc3ccc4cccc1c4c32. The Labute approximate surface area is 117 Å². The van der Waals surface area contributed by atoms with E-state index in [2.05, 4.69) is 54.6 Å². The van der Waals surface area contributed by atoms with Gasteiger partial charge in [0.2, 0.25) is 0 Å². The summed E-state index contributed by atoms with van der Waals surface area (Å²) < 4.78 is 0. The monoisotopic (exact) mass is 258 g/mol. The Kier molecular flexibility index (Phi) is 2.46. The van der Waals surface area contributed by atoms with Gasteiger partial charge in [-0.15, -0.1) is 0 Å². The first-order valence-corrected chi connectivity index (χ1v) is 6.97. The third-order valence-electron chi connectivity index (χ3n) is 4.13. The Bertz CT molecular complexity index is 921. The van der Waals surface area contributed by atoms with Gasteiger partial charge in [-0.3, -0.25) is 0 Å². The Balaban J connectivity index is 2.21. The molecule has 0 fully saturated rings. The molecule has 0 aromatic heterocycles. The molecule has 0 heterocycles. The van der Waals surface area contributed by atoms with Crippen molar-refractivity contribution < 1.29 is 4.79 Å². The van der Waals surface area contributed by atoms with Crippen LogP contribution in [0, 0.1) is 0 Å². The molecule has 0 aliphatic heterocycles. The van der Waals surface area contributed by atoms with Crippen molar-refractivity contribution in [2.24, 2.45) is 0 Å². The van der Waals surface area contributed by atoms with Crippen LogP contribution in [-0.2, 0) is 11.2 Å². The maximum absolute atomic E-state index is 10.7. The van der Waals surface area contributed by atoms with E-state index in [1.165, 1.54) is 37.9 Å². The number of aldehydes is 1. The first-order chi connectivity index (χ1) is 9.88. The van der Waals surface area contributed by atoms with Crippen LogP contribution in [0.15, 0.2) is 54.6 Å². The quantitative estimate of drug-likeness (QED) is 0.384. The second-order valence-corrected chi connectivity index (χ2v) is 5.29. The van der Waals surface area contributed by atoms with E-state index in [1.54, 1.807) is 0 Å². The van der Waals surface area contributed by atoms with Gasteiger partial charge >= 0.3 is 0 Å². The molecule has 0 amide bonds. The van der Waals surface area contributed by atoms with Crippen molar-refractivity contribution in [2.75, 3.05) is 0 Å². The molecular formula is C19H14O. The van der Waals surface area contributed by atoms with Gasteiger partial charge in [0.05, 0.1) is 0 Å². The minimum absolute atomic E-state index is 0.584. The first kappa shape index (κ1) is 11.4. The maximum atomic E-state index is 10.7. The summed E-state index contributed by atoms with van der Waals surface area (Å²) in [5, 5.41) is 7.80. The number of carbonyl (C=O) groups is 1. The standard InChI is InChI=1S/C19H14O/c20-11-3-7-15-12-16-6-1-4-13-9-10-14-5-2-8-17(15)19(14)18(13)16/h1-2,4-6,8-12H,3,7H2. The average Bonchev–Trinajstić information content (AvgIpc) is 2.51. The molecule has 0 atom stereocenters. The van der Waals surface area contributed by atoms with Crippen LogP contribution in [0.25, 0.3) is 32.3 Å². The van der Waals surface area contributed by atoms with Crippen molar-refractivity contribution in [1.82, 2.24) is 0 Å². The summed E-state index contributed by atoms with van der Waals surface area (Å²) in [7, 11) is 0. The highest BCUT2D eigenvalue weighted by atomic mass is 16.1. The van der Waals surface area contributed by atoms with Gasteiger partial charge in [0.1, 0.15) is 6.29 Å². The molecule has 0 saturated carbocycles. The lowest BCUT2D eigenvalue weighted by atomic mass is 9.90. The molecule has 0 bridgehead atoms. The second kappa shape index (κ2) is 4.31. The molecule has 1 nitrogen and oxygen atoms in total. The lowest BCUT2D eigenvalue weighted by Crippen LogP contribution is -1.92. The highest BCUT2D eigenvalue weighted by Gasteiger charge is 2.10. The summed E-state index contributed by atoms with van der Waals surface area (Å²) in [5.41, 5.74) is 1.27. The first-order valence-electron chi connectivity index (χ1n) is 6.97. The Morgan fingerprint density at radius 1 is 0.800 bits per heavy atom. The maximum Gasteiger partial charge on any atom is 0.120 e. The molecule has 0 unspecified atom stereocenters. The minimum atomic E-state index is 0.584. The van der Waals surface area contributed by atoms with Gasteiger partial charge in [-0.1, -0.05) is 54.6 Å². The van der Waals surface area contributed by atoms with Crippen molar-refractivity contribution in [2.45, 2.75) is 12.8 Å². The number of aryl methyl sites for hydroxylation is 1. The summed E-state index contributed by atoms with van der Waals surface area (Å²) >= 11 is 0. The number of hydrogen-bond acceptors (Lipinski definition) is 1. The molecule has 0 aliphatic rings. The topological polar surface area (TPSA) is 17.1 Å². The van der Waals surface area contributed by atoms with Gasteiger partial charge in [-0.2, -0.15) is 0 Å². The Hall–Kier alpha value is -2.41. The van der Waals surface area contributed by atoms with Crippen LogP contribution >= 0.6 is 0 Å². The largest absolute Gasteiger partial charge is 0.303 e. The molecule has 4 aromatic rings. The second-order valence-electron chi connectivity index (χ2n) is 5.29. The van der Waals surface area contributed by atoms with Gasteiger partial charge in [-0.05, 0) is 44.3 Å². The zero-order valence-corrected chi connectivity index (χ0v) is 11.1. The third kappa shape index (κ3) is 1.53. The van der Waals surface area contributed by atoms with E-state index in [1.807, 2.05) is 0 Å². The van der Waals surface area contributed by atoms with Crippen molar-refractivity contribution in [3.63, 3.8) is 0 Å². The van der Waals surface area contributed by atoms with Crippen LogP contribution in [0.5, 0.6) is 0 Å². The van der Waals surface area contributed by atoms with Crippen molar-refractivity contribution in [1.29, 1.82) is 0 Å². The summed E-state index contributed by atoms with van der Waals surface area (Å²) in [6.07, 6.45) is 2.40. The molecular weight excluding hydrogens is 244 g/mol. The lowest BCUT2D eigenvalue weighted by Gasteiger charge is -2.14. The van der Waals surface area contributed by atoms with E-state index in [9.17, 15) is 4.79 Å². The molecule has 0 spiro atoms. The van der Waals surface area contributed by atoms with Crippen LogP contribution in [0.3, 0.4) is 0 Å². The van der Waals surface area contributed by atoms with Crippen molar-refractivity contribution in [3.05, 3.63) is 60.2 Å². The molecule has 4 rings (SSSR count). The molecule has 1 heteroatoms. The Morgan fingerprint density at radius 2 is 1.50 bits per heavy atom. The van der Waals surface area contributed by atoms with Crippen molar-refractivity contribution in [3.8, 4) is 0 Å². The number of hydrogen-bond donors (Lipinski definition) is 0. The normalized spacial score (nSPS) is 11.6. The fourth-order valence-electron chi connectivity index (χ4n) is 3.26. The Morgan fingerprint density at radius 3 is 2.30 bits per heavy atom. The van der Waals surface area contributed by atoms with Crippen LogP contribution in [-0.4, -0.2) is 6.29 Å². The van der Waals surface area contributed by atoms with E-state index in [4.69, 9.17) is 0 Å². The highest BCUT2D eigenvalue weighted by molar-refractivity contribution is 6.23. The van der Waals surface area contributed by atoms with Gasteiger partial charge in [0.25, 0.3) is 0 Å². The average molecular weight is 258 g/mol. The fourth-order valence-corrected chi connectivity index (χ4v) is 3.26. The highest BCUT2D eigenvalue weighted by Crippen LogP contribution is 2.36. The van der Waals surface area contributed by atoms with E-state index in [0.717, 1.165) is 12.7 Å². The van der Waals surface area contributed by atoms with Crippen LogP contribution in [0.4, 0.5) is 0 Å². The van der Waals surface area contributed by atoms with Gasteiger partial charge in [0, 0.05) is 6.42 Å². The van der Waals surface area contributed by atoms with Gasteiger partial charge < -0.3 is 4.79 Å². The molecule has 0 aliphatic carbocycles. The lowest BCUT2D eigenvalue weighted by molar-refractivity contribution is -0.107. The number of carbonyl (C=O) groups excluding carboxylic acids is 1. The summed E-state index contributed by atoms with van der Waals surface area (Å²) in [5.74, 6) is 0. The zero-order valence-electron chi connectivity index (χ0n) is 11.1. The fraction of sp³-hybridized carbons (Fsp3) is 0.105. The van der Waals surface area contributed by atoms with Crippen LogP contribution in [0.2, 0.25) is 0 Å². The zero-order chi connectivity index (χ0) is 13.5. The van der Waals surface area contributed by atoms with Crippen LogP contribution < -0.4 is 0 Å². The predicted octanol–water partition coefficient (Wildman–Crippen LogP) is 4.72. The molecule has 4 aromatic carbocycles. The molecule has 96 valence electrons. The number of rotatable bonds is 3. The van der Waals surface area contributed by atoms with E-state index in [0.29, 0.717) is 6.42 Å².